The number of ether oxygens (including phenoxy) is 2. The standard InChI is InChI=1S/C10H8BrCl2F3O2/c11-5-6-3-7(12)4-8(13)9(6)17-1-2-18-10(14,15)16/h3-4H,1-2,5H2. The number of halogens is 6. The van der Waals surface area contributed by atoms with E-state index in [0.29, 0.717) is 21.7 Å². The van der Waals surface area contributed by atoms with Crippen molar-refractivity contribution in [2.24, 2.45) is 0 Å². The Hall–Kier alpha value is -0.170. The summed E-state index contributed by atoms with van der Waals surface area (Å²) in [4.78, 5) is 0. The van der Waals surface area contributed by atoms with Gasteiger partial charge in [0.1, 0.15) is 12.4 Å². The van der Waals surface area contributed by atoms with E-state index in [1.54, 1.807) is 6.07 Å². The van der Waals surface area contributed by atoms with Crippen molar-refractivity contribution in [2.45, 2.75) is 11.7 Å². The molecule has 0 saturated carbocycles. The maximum Gasteiger partial charge on any atom is 0.522 e. The average Bonchev–Trinajstić information content (AvgIpc) is 2.24. The third-order valence-corrected chi connectivity index (χ3v) is 2.93. The lowest BCUT2D eigenvalue weighted by Crippen LogP contribution is -2.18. The summed E-state index contributed by atoms with van der Waals surface area (Å²) in [5.74, 6) is 0.295. The predicted octanol–water partition coefficient (Wildman–Crippen LogP) is 4.80. The quantitative estimate of drug-likeness (QED) is 0.549. The first-order chi connectivity index (χ1) is 8.33. The van der Waals surface area contributed by atoms with Crippen molar-refractivity contribution in [2.75, 3.05) is 13.2 Å². The number of alkyl halides is 4. The molecular formula is C10H8BrCl2F3O2. The third kappa shape index (κ3) is 5.22. The Morgan fingerprint density at radius 1 is 1.17 bits per heavy atom. The molecule has 1 aromatic rings. The molecule has 0 atom stereocenters. The second-order valence-electron chi connectivity index (χ2n) is 3.15. The monoisotopic (exact) mass is 366 g/mol. The molecule has 102 valence electrons. The highest BCUT2D eigenvalue weighted by Gasteiger charge is 2.28. The van der Waals surface area contributed by atoms with E-state index in [0.717, 1.165) is 0 Å². The first-order valence-electron chi connectivity index (χ1n) is 4.71. The zero-order valence-electron chi connectivity index (χ0n) is 8.86. The van der Waals surface area contributed by atoms with Gasteiger partial charge in [0.2, 0.25) is 0 Å². The molecule has 0 bridgehead atoms. The molecule has 1 rings (SSSR count). The lowest BCUT2D eigenvalue weighted by atomic mass is 10.2. The number of rotatable bonds is 5. The van der Waals surface area contributed by atoms with E-state index in [9.17, 15) is 13.2 Å². The summed E-state index contributed by atoms with van der Waals surface area (Å²) in [7, 11) is 0. The van der Waals surface area contributed by atoms with Crippen molar-refractivity contribution in [3.63, 3.8) is 0 Å². The predicted molar refractivity (Wildman–Crippen MR) is 66.6 cm³/mol. The van der Waals surface area contributed by atoms with Crippen LogP contribution in [0.15, 0.2) is 12.1 Å². The number of hydrogen-bond donors (Lipinski definition) is 0. The molecule has 2 nitrogen and oxygen atoms in total. The molecule has 0 fully saturated rings. The van der Waals surface area contributed by atoms with Crippen molar-refractivity contribution in [3.8, 4) is 5.75 Å². The molecule has 0 amide bonds. The Balaban J connectivity index is 2.62. The van der Waals surface area contributed by atoms with Gasteiger partial charge in [-0.25, -0.2) is 0 Å². The molecule has 0 N–H and O–H groups in total. The minimum Gasteiger partial charge on any atom is -0.489 e. The van der Waals surface area contributed by atoms with E-state index in [4.69, 9.17) is 27.9 Å². The first-order valence-corrected chi connectivity index (χ1v) is 6.58. The molecule has 0 aromatic heterocycles. The van der Waals surface area contributed by atoms with Gasteiger partial charge < -0.3 is 4.74 Å². The molecule has 0 spiro atoms. The van der Waals surface area contributed by atoms with Crippen molar-refractivity contribution < 1.29 is 22.6 Å². The van der Waals surface area contributed by atoms with E-state index >= 15 is 0 Å². The van der Waals surface area contributed by atoms with Gasteiger partial charge in [-0.2, -0.15) is 0 Å². The minimum atomic E-state index is -4.66. The molecule has 0 aliphatic heterocycles. The first kappa shape index (κ1) is 15.9. The van der Waals surface area contributed by atoms with Crippen LogP contribution in [0.4, 0.5) is 13.2 Å². The number of hydrogen-bond acceptors (Lipinski definition) is 2. The third-order valence-electron chi connectivity index (χ3n) is 1.82. The highest BCUT2D eigenvalue weighted by atomic mass is 79.9. The van der Waals surface area contributed by atoms with Gasteiger partial charge in [0.05, 0.1) is 11.6 Å². The Labute approximate surface area is 120 Å². The molecule has 0 saturated heterocycles. The molecular weight excluding hydrogens is 360 g/mol. The van der Waals surface area contributed by atoms with Crippen LogP contribution in [0.3, 0.4) is 0 Å². The van der Waals surface area contributed by atoms with Crippen LogP contribution >= 0.6 is 39.1 Å². The van der Waals surface area contributed by atoms with Crippen LogP contribution in [0.25, 0.3) is 0 Å². The Kier molecular flexibility index (Phi) is 6.04. The zero-order valence-corrected chi connectivity index (χ0v) is 12.0. The van der Waals surface area contributed by atoms with Gasteiger partial charge >= 0.3 is 6.36 Å². The fraction of sp³-hybridized carbons (Fsp3) is 0.400. The normalized spacial score (nSPS) is 11.7. The van der Waals surface area contributed by atoms with Gasteiger partial charge in [-0.05, 0) is 12.1 Å². The summed E-state index contributed by atoms with van der Waals surface area (Å²) < 4.78 is 43.9. The van der Waals surface area contributed by atoms with Crippen molar-refractivity contribution >= 4 is 39.1 Å². The van der Waals surface area contributed by atoms with E-state index < -0.39 is 13.0 Å². The van der Waals surface area contributed by atoms with E-state index in [-0.39, 0.29) is 11.6 Å². The maximum atomic E-state index is 11.7. The largest absolute Gasteiger partial charge is 0.522 e. The van der Waals surface area contributed by atoms with Gasteiger partial charge in [-0.3, -0.25) is 4.74 Å². The summed E-state index contributed by atoms with van der Waals surface area (Å²) >= 11 is 14.9. The van der Waals surface area contributed by atoms with Crippen LogP contribution < -0.4 is 4.74 Å². The minimum absolute atomic E-state index is 0.240. The summed E-state index contributed by atoms with van der Waals surface area (Å²) in [5, 5.41) is 1.08. The Bertz CT molecular complexity index is 413. The Morgan fingerprint density at radius 2 is 1.83 bits per heavy atom. The van der Waals surface area contributed by atoms with Crippen LogP contribution in [-0.4, -0.2) is 19.6 Å². The molecule has 18 heavy (non-hydrogen) atoms. The van der Waals surface area contributed by atoms with Gasteiger partial charge in [0.25, 0.3) is 0 Å². The van der Waals surface area contributed by atoms with Crippen LogP contribution in [-0.2, 0) is 10.1 Å². The lowest BCUT2D eigenvalue weighted by molar-refractivity contribution is -0.325. The van der Waals surface area contributed by atoms with E-state index in [1.165, 1.54) is 6.07 Å². The van der Waals surface area contributed by atoms with Crippen LogP contribution in [0.1, 0.15) is 5.56 Å². The van der Waals surface area contributed by atoms with Gasteiger partial charge in [-0.15, -0.1) is 13.2 Å². The molecule has 0 radical (unpaired) electrons. The summed E-state index contributed by atoms with van der Waals surface area (Å²) in [5.41, 5.74) is 0.652. The van der Waals surface area contributed by atoms with Gasteiger partial charge in [-0.1, -0.05) is 39.1 Å². The second kappa shape index (κ2) is 6.84. The van der Waals surface area contributed by atoms with Crippen LogP contribution in [0.5, 0.6) is 5.75 Å². The molecule has 0 unspecified atom stereocenters. The van der Waals surface area contributed by atoms with Crippen molar-refractivity contribution in [3.05, 3.63) is 27.7 Å². The van der Waals surface area contributed by atoms with Crippen molar-refractivity contribution in [1.29, 1.82) is 0 Å². The smallest absolute Gasteiger partial charge is 0.489 e. The van der Waals surface area contributed by atoms with Crippen molar-refractivity contribution in [1.82, 2.24) is 0 Å². The fourth-order valence-corrected chi connectivity index (χ4v) is 2.18. The SMILES string of the molecule is FC(F)(F)OCCOc1c(Cl)cc(Cl)cc1CBr. The average molecular weight is 368 g/mol. The zero-order chi connectivity index (χ0) is 13.8. The molecule has 0 aliphatic carbocycles. The summed E-state index contributed by atoms with van der Waals surface area (Å²) in [6.07, 6.45) is -4.66. The molecule has 0 heterocycles. The van der Waals surface area contributed by atoms with Crippen LogP contribution in [0.2, 0.25) is 10.0 Å². The van der Waals surface area contributed by atoms with Gasteiger partial charge in [0, 0.05) is 15.9 Å². The topological polar surface area (TPSA) is 18.5 Å². The molecule has 8 heteroatoms. The number of benzene rings is 1. The summed E-state index contributed by atoms with van der Waals surface area (Å²) in [6, 6.07) is 3.07. The maximum absolute atomic E-state index is 11.7. The highest BCUT2D eigenvalue weighted by Crippen LogP contribution is 2.33. The van der Waals surface area contributed by atoms with E-state index in [2.05, 4.69) is 20.7 Å². The lowest BCUT2D eigenvalue weighted by Gasteiger charge is -2.13. The fourth-order valence-electron chi connectivity index (χ4n) is 1.18. The summed E-state index contributed by atoms with van der Waals surface area (Å²) in [6.45, 7) is -0.870. The van der Waals surface area contributed by atoms with Gasteiger partial charge in [0.15, 0.2) is 0 Å². The Morgan fingerprint density at radius 3 is 2.39 bits per heavy atom. The molecule has 1 aromatic carbocycles. The second-order valence-corrected chi connectivity index (χ2v) is 4.56. The van der Waals surface area contributed by atoms with Crippen LogP contribution in [0, 0.1) is 0 Å². The highest BCUT2D eigenvalue weighted by molar-refractivity contribution is 9.08. The van der Waals surface area contributed by atoms with E-state index in [1.807, 2.05) is 0 Å². The molecule has 0 aliphatic rings.